The summed E-state index contributed by atoms with van der Waals surface area (Å²) in [6, 6.07) is 7.67. The Morgan fingerprint density at radius 1 is 1.05 bits per heavy atom. The number of hydrogen-bond acceptors (Lipinski definition) is 4. The number of hydrogen-bond donors (Lipinski definition) is 1. The van der Waals surface area contributed by atoms with E-state index in [4.69, 9.17) is 0 Å². The van der Waals surface area contributed by atoms with Gasteiger partial charge in [-0.05, 0) is 25.7 Å². The lowest BCUT2D eigenvalue weighted by Gasteiger charge is -2.36. The molecule has 0 saturated carbocycles. The third-order valence-corrected chi connectivity index (χ3v) is 3.81. The Morgan fingerprint density at radius 3 is 2.14 bits per heavy atom. The minimum absolute atomic E-state index is 0.0644. The fraction of sp³-hybridized carbons (Fsp3) is 0.412. The largest absolute Gasteiger partial charge is 0.386 e. The van der Waals surface area contributed by atoms with Crippen LogP contribution in [0.3, 0.4) is 0 Å². The molecule has 0 spiro atoms. The van der Waals surface area contributed by atoms with Crippen molar-refractivity contribution in [3.8, 4) is 11.4 Å². The van der Waals surface area contributed by atoms with Crippen molar-refractivity contribution in [1.29, 1.82) is 0 Å². The van der Waals surface area contributed by atoms with Crippen molar-refractivity contribution in [2.45, 2.75) is 32.9 Å². The second-order valence-electron chi connectivity index (χ2n) is 4.85. The number of nitrogens with zero attached hydrogens (tertiary/aromatic N) is 3. The van der Waals surface area contributed by atoms with Crippen molar-refractivity contribution in [2.24, 2.45) is 0 Å². The monoisotopic (exact) mass is 285 g/mol. The maximum absolute atomic E-state index is 10.7. The van der Waals surface area contributed by atoms with Crippen LogP contribution >= 0.6 is 0 Å². The highest BCUT2D eigenvalue weighted by molar-refractivity contribution is 5.67. The number of aromatic nitrogens is 2. The van der Waals surface area contributed by atoms with E-state index in [0.717, 1.165) is 29.1 Å². The maximum atomic E-state index is 10.7. The number of rotatable bonds is 2. The highest BCUT2D eigenvalue weighted by atomic mass is 16.3. The molecular formula is C17H23N3O. The normalized spacial score (nSPS) is 19.3. The van der Waals surface area contributed by atoms with E-state index in [1.165, 1.54) is 0 Å². The molecule has 1 aliphatic rings. The van der Waals surface area contributed by atoms with E-state index in [0.29, 0.717) is 0 Å². The third kappa shape index (κ3) is 2.69. The average molecular weight is 285 g/mol. The quantitative estimate of drug-likeness (QED) is 0.920. The molecule has 0 radical (unpaired) electrons. The minimum Gasteiger partial charge on any atom is -0.386 e. The van der Waals surface area contributed by atoms with Crippen LogP contribution in [0.1, 0.15) is 44.0 Å². The molecular weight excluding hydrogens is 262 g/mol. The Balaban J connectivity index is 0.000000774. The summed E-state index contributed by atoms with van der Waals surface area (Å²) >= 11 is 0. The van der Waals surface area contributed by atoms with E-state index < -0.39 is 6.10 Å². The van der Waals surface area contributed by atoms with Gasteiger partial charge in [0.25, 0.3) is 0 Å². The van der Waals surface area contributed by atoms with Gasteiger partial charge in [-0.25, -0.2) is 0 Å². The summed E-state index contributed by atoms with van der Waals surface area (Å²) in [7, 11) is 2.02. The maximum Gasteiger partial charge on any atom is 0.101 e. The number of aliphatic hydroxyl groups excluding tert-OH is 1. The summed E-state index contributed by atoms with van der Waals surface area (Å²) in [4.78, 5) is 11.0. The number of fused-ring (bicyclic) bond motifs is 3. The molecule has 4 heteroatoms. The van der Waals surface area contributed by atoms with Gasteiger partial charge in [0.15, 0.2) is 0 Å². The molecule has 21 heavy (non-hydrogen) atoms. The smallest absolute Gasteiger partial charge is 0.101 e. The molecule has 2 atom stereocenters. The fourth-order valence-electron chi connectivity index (χ4n) is 2.72. The van der Waals surface area contributed by atoms with Gasteiger partial charge in [-0.3, -0.25) is 14.9 Å². The molecule has 2 unspecified atom stereocenters. The van der Waals surface area contributed by atoms with Crippen molar-refractivity contribution in [3.63, 3.8) is 0 Å². The zero-order valence-corrected chi connectivity index (χ0v) is 13.1. The fourth-order valence-corrected chi connectivity index (χ4v) is 2.72. The summed E-state index contributed by atoms with van der Waals surface area (Å²) in [6.45, 7) is 6.95. The Labute approximate surface area is 126 Å². The average Bonchev–Trinajstić information content (AvgIpc) is 2.57. The van der Waals surface area contributed by atoms with Gasteiger partial charge in [-0.15, -0.1) is 0 Å². The zero-order valence-electron chi connectivity index (χ0n) is 13.1. The van der Waals surface area contributed by atoms with Crippen LogP contribution in [0.4, 0.5) is 0 Å². The molecule has 4 nitrogen and oxygen atoms in total. The van der Waals surface area contributed by atoms with Crippen molar-refractivity contribution in [3.05, 3.63) is 47.8 Å². The molecule has 2 aromatic rings. The molecule has 0 amide bonds. The molecule has 1 N–H and O–H groups in total. The summed E-state index contributed by atoms with van der Waals surface area (Å²) in [5.41, 5.74) is 3.59. The van der Waals surface area contributed by atoms with E-state index in [9.17, 15) is 5.11 Å². The first-order chi connectivity index (χ1) is 10.2. The molecule has 0 saturated heterocycles. The summed E-state index contributed by atoms with van der Waals surface area (Å²) < 4.78 is 0. The first-order valence-corrected chi connectivity index (χ1v) is 7.52. The summed E-state index contributed by atoms with van der Waals surface area (Å²) in [5.74, 6) is 0. The van der Waals surface area contributed by atoms with E-state index in [2.05, 4.69) is 21.8 Å². The van der Waals surface area contributed by atoms with Crippen LogP contribution in [0.2, 0.25) is 0 Å². The molecule has 0 aliphatic heterocycles. The predicted octanol–water partition coefficient (Wildman–Crippen LogP) is 3.21. The van der Waals surface area contributed by atoms with Gasteiger partial charge in [-0.1, -0.05) is 32.9 Å². The van der Waals surface area contributed by atoms with Gasteiger partial charge in [-0.2, -0.15) is 0 Å². The van der Waals surface area contributed by atoms with Crippen LogP contribution < -0.4 is 0 Å². The molecule has 112 valence electrons. The third-order valence-electron chi connectivity index (χ3n) is 3.81. The van der Waals surface area contributed by atoms with Crippen molar-refractivity contribution < 1.29 is 5.11 Å². The highest BCUT2D eigenvalue weighted by Gasteiger charge is 2.35. The Kier molecular flexibility index (Phi) is 5.04. The minimum atomic E-state index is -0.564. The SMILES string of the molecule is CC.CCN(C)C1c2cccnc2-c2ncccc2C1O. The number of likely N-dealkylation sites (N-methyl/N-ethyl adjacent to an activating group) is 1. The van der Waals surface area contributed by atoms with Crippen LogP contribution in [0.25, 0.3) is 11.4 Å². The lowest BCUT2D eigenvalue weighted by Crippen LogP contribution is -2.32. The molecule has 0 bridgehead atoms. The molecule has 2 aromatic heterocycles. The van der Waals surface area contributed by atoms with E-state index in [1.54, 1.807) is 12.4 Å². The van der Waals surface area contributed by atoms with Gasteiger partial charge in [0.05, 0.1) is 17.4 Å². The Morgan fingerprint density at radius 2 is 1.57 bits per heavy atom. The highest BCUT2D eigenvalue weighted by Crippen LogP contribution is 2.44. The topological polar surface area (TPSA) is 49.2 Å². The van der Waals surface area contributed by atoms with Gasteiger partial charge in [0, 0.05) is 23.5 Å². The molecule has 3 rings (SSSR count). The van der Waals surface area contributed by atoms with E-state index >= 15 is 0 Å². The number of pyridine rings is 2. The Hall–Kier alpha value is -1.78. The van der Waals surface area contributed by atoms with E-state index in [1.807, 2.05) is 45.2 Å². The summed E-state index contributed by atoms with van der Waals surface area (Å²) in [5, 5.41) is 10.7. The van der Waals surface area contributed by atoms with Crippen LogP contribution in [0.5, 0.6) is 0 Å². The van der Waals surface area contributed by atoms with Gasteiger partial charge >= 0.3 is 0 Å². The molecule has 1 aliphatic carbocycles. The predicted molar refractivity (Wildman–Crippen MR) is 84.8 cm³/mol. The lowest BCUT2D eigenvalue weighted by atomic mass is 9.85. The second kappa shape index (κ2) is 6.78. The molecule has 0 fully saturated rings. The van der Waals surface area contributed by atoms with Crippen LogP contribution in [0, 0.1) is 0 Å². The Bertz CT molecular complexity index is 600. The first kappa shape index (κ1) is 15.6. The van der Waals surface area contributed by atoms with Crippen molar-refractivity contribution in [2.75, 3.05) is 13.6 Å². The van der Waals surface area contributed by atoms with Gasteiger partial charge in [0.2, 0.25) is 0 Å². The summed E-state index contributed by atoms with van der Waals surface area (Å²) in [6.07, 6.45) is 2.96. The van der Waals surface area contributed by atoms with Crippen molar-refractivity contribution >= 4 is 0 Å². The molecule has 2 heterocycles. The first-order valence-electron chi connectivity index (χ1n) is 7.52. The second-order valence-corrected chi connectivity index (χ2v) is 4.85. The van der Waals surface area contributed by atoms with Crippen LogP contribution in [0.15, 0.2) is 36.7 Å². The van der Waals surface area contributed by atoms with Crippen molar-refractivity contribution in [1.82, 2.24) is 14.9 Å². The number of aliphatic hydroxyl groups is 1. The standard InChI is InChI=1S/C15H17N3O.C2H6/c1-3-18(2)14-10-6-4-8-16-12(10)13-11(15(14)19)7-5-9-17-13;1-2/h4-9,14-15,19H,3H2,1-2H3;1-2H3. The van der Waals surface area contributed by atoms with Crippen LogP contribution in [-0.2, 0) is 0 Å². The van der Waals surface area contributed by atoms with E-state index in [-0.39, 0.29) is 6.04 Å². The zero-order chi connectivity index (χ0) is 15.4. The van der Waals surface area contributed by atoms with Gasteiger partial charge < -0.3 is 5.11 Å². The van der Waals surface area contributed by atoms with Gasteiger partial charge in [0.1, 0.15) is 6.10 Å². The lowest BCUT2D eigenvalue weighted by molar-refractivity contribution is 0.0626. The molecule has 0 aromatic carbocycles. The van der Waals surface area contributed by atoms with Crippen LogP contribution in [-0.4, -0.2) is 33.6 Å².